The third-order valence-corrected chi connectivity index (χ3v) is 6.53. The molecule has 2 aromatic rings. The average molecular weight is 402 g/mol. The highest BCUT2D eigenvalue weighted by Crippen LogP contribution is 2.38. The van der Waals surface area contributed by atoms with Crippen molar-refractivity contribution in [2.24, 2.45) is 0 Å². The van der Waals surface area contributed by atoms with E-state index in [0.29, 0.717) is 6.04 Å². The van der Waals surface area contributed by atoms with E-state index >= 15 is 0 Å². The molecule has 0 saturated heterocycles. The predicted octanol–water partition coefficient (Wildman–Crippen LogP) is 4.93. The van der Waals surface area contributed by atoms with Gasteiger partial charge in [-0.15, -0.1) is 11.3 Å². The summed E-state index contributed by atoms with van der Waals surface area (Å²) in [6.45, 7) is 0. The number of benzene rings is 1. The van der Waals surface area contributed by atoms with Crippen LogP contribution in [-0.4, -0.2) is 12.0 Å². The normalized spacial score (nSPS) is 18.4. The molecule has 1 N–H and O–H groups in total. The van der Waals surface area contributed by atoms with Gasteiger partial charge in [-0.25, -0.2) is 4.98 Å². The number of halogens is 2. The van der Waals surface area contributed by atoms with Gasteiger partial charge in [-0.1, -0.05) is 6.07 Å². The van der Waals surface area contributed by atoms with Crippen molar-refractivity contribution >= 4 is 43.2 Å². The number of hydrogen-bond donors (Lipinski definition) is 1. The fourth-order valence-electron chi connectivity index (χ4n) is 2.45. The molecule has 0 saturated carbocycles. The molecule has 1 unspecified atom stereocenters. The lowest BCUT2D eigenvalue weighted by Gasteiger charge is -2.19. The summed E-state index contributed by atoms with van der Waals surface area (Å²) in [6, 6.07) is 6.73. The quantitative estimate of drug-likeness (QED) is 0.771. The Labute approximate surface area is 133 Å². The number of fused-ring (bicyclic) bond motifs is 1. The first-order valence-electron chi connectivity index (χ1n) is 6.31. The molecule has 2 nitrogen and oxygen atoms in total. The van der Waals surface area contributed by atoms with Crippen molar-refractivity contribution < 1.29 is 0 Å². The van der Waals surface area contributed by atoms with E-state index in [2.05, 4.69) is 55.4 Å². The van der Waals surface area contributed by atoms with Crippen LogP contribution in [0.1, 0.15) is 29.5 Å². The van der Waals surface area contributed by atoms with Crippen LogP contribution in [0.3, 0.4) is 0 Å². The maximum absolute atomic E-state index is 4.86. The van der Waals surface area contributed by atoms with Gasteiger partial charge in [0.05, 0.1) is 11.7 Å². The first-order valence-corrected chi connectivity index (χ1v) is 8.71. The van der Waals surface area contributed by atoms with Gasteiger partial charge in [0, 0.05) is 19.4 Å². The molecule has 0 amide bonds. The molecule has 0 spiro atoms. The van der Waals surface area contributed by atoms with E-state index < -0.39 is 0 Å². The lowest BCUT2D eigenvalue weighted by molar-refractivity contribution is 0.490. The molecule has 0 bridgehead atoms. The molecule has 0 radical (unpaired) electrons. The van der Waals surface area contributed by atoms with Crippen LogP contribution in [0.5, 0.6) is 0 Å². The van der Waals surface area contributed by atoms with Gasteiger partial charge in [-0.2, -0.15) is 0 Å². The Hall–Kier alpha value is -0.230. The maximum atomic E-state index is 4.86. The van der Waals surface area contributed by atoms with Crippen LogP contribution in [0.25, 0.3) is 10.6 Å². The first-order chi connectivity index (χ1) is 9.19. The zero-order valence-electron chi connectivity index (χ0n) is 10.5. The van der Waals surface area contributed by atoms with Crippen molar-refractivity contribution in [3.8, 4) is 10.6 Å². The average Bonchev–Trinajstić information content (AvgIpc) is 2.85. The lowest BCUT2D eigenvalue weighted by atomic mass is 9.98. The zero-order valence-corrected chi connectivity index (χ0v) is 14.5. The van der Waals surface area contributed by atoms with Crippen molar-refractivity contribution in [2.45, 2.75) is 25.3 Å². The second-order valence-electron chi connectivity index (χ2n) is 4.69. The Bertz CT molecular complexity index is 609. The topological polar surface area (TPSA) is 24.9 Å². The van der Waals surface area contributed by atoms with E-state index in [9.17, 15) is 0 Å². The van der Waals surface area contributed by atoms with Crippen molar-refractivity contribution in [1.82, 2.24) is 10.3 Å². The number of rotatable bonds is 2. The van der Waals surface area contributed by atoms with Crippen LogP contribution in [0, 0.1) is 0 Å². The molecular weight excluding hydrogens is 388 g/mol. The second-order valence-corrected chi connectivity index (χ2v) is 7.48. The van der Waals surface area contributed by atoms with Gasteiger partial charge in [0.2, 0.25) is 0 Å². The molecule has 1 atom stereocenters. The highest BCUT2D eigenvalue weighted by molar-refractivity contribution is 9.13. The Morgan fingerprint density at radius 2 is 2.16 bits per heavy atom. The summed E-state index contributed by atoms with van der Waals surface area (Å²) in [4.78, 5) is 6.31. The third kappa shape index (κ3) is 2.66. The minimum absolute atomic E-state index is 0.424. The van der Waals surface area contributed by atoms with Crippen LogP contribution < -0.4 is 5.32 Å². The summed E-state index contributed by atoms with van der Waals surface area (Å²) in [6.07, 6.45) is 3.61. The van der Waals surface area contributed by atoms with E-state index in [-0.39, 0.29) is 0 Å². The van der Waals surface area contributed by atoms with Crippen LogP contribution in [0.2, 0.25) is 0 Å². The minimum atomic E-state index is 0.424. The van der Waals surface area contributed by atoms with Gasteiger partial charge < -0.3 is 5.32 Å². The monoisotopic (exact) mass is 400 g/mol. The summed E-state index contributed by atoms with van der Waals surface area (Å²) >= 11 is 8.90. The number of aryl methyl sites for hydroxylation is 1. The minimum Gasteiger partial charge on any atom is -0.312 e. The third-order valence-electron chi connectivity index (χ3n) is 3.47. The molecular formula is C14H14Br2N2S. The molecule has 5 heteroatoms. The number of nitrogens with one attached hydrogen (secondary N) is 1. The highest BCUT2D eigenvalue weighted by atomic mass is 79.9. The summed E-state index contributed by atoms with van der Waals surface area (Å²) in [5, 5.41) is 4.50. The maximum Gasteiger partial charge on any atom is 0.123 e. The number of hydrogen-bond acceptors (Lipinski definition) is 3. The highest BCUT2D eigenvalue weighted by Gasteiger charge is 2.23. The van der Waals surface area contributed by atoms with E-state index in [1.807, 2.05) is 18.4 Å². The summed E-state index contributed by atoms with van der Waals surface area (Å²) in [5.41, 5.74) is 2.44. The molecule has 0 fully saturated rings. The molecule has 1 aliphatic carbocycles. The van der Waals surface area contributed by atoms with Crippen LogP contribution in [-0.2, 0) is 6.42 Å². The second kappa shape index (κ2) is 5.64. The van der Waals surface area contributed by atoms with Gasteiger partial charge in [0.1, 0.15) is 5.01 Å². The lowest BCUT2D eigenvalue weighted by Crippen LogP contribution is -2.21. The number of nitrogens with zero attached hydrogens (tertiary/aromatic N) is 1. The predicted molar refractivity (Wildman–Crippen MR) is 87.7 cm³/mol. The SMILES string of the molecule is CNC1CCCc2sc(-c3ccc(Br)c(Br)c3)nc21. The fourth-order valence-corrected chi connectivity index (χ4v) is 4.24. The van der Waals surface area contributed by atoms with E-state index in [1.54, 1.807) is 0 Å². The van der Waals surface area contributed by atoms with Crippen LogP contribution >= 0.6 is 43.2 Å². The molecule has 1 heterocycles. The molecule has 0 aliphatic heterocycles. The Morgan fingerprint density at radius 1 is 1.32 bits per heavy atom. The van der Waals surface area contributed by atoms with E-state index in [0.717, 1.165) is 14.0 Å². The van der Waals surface area contributed by atoms with Gasteiger partial charge in [0.15, 0.2) is 0 Å². The Kier molecular flexibility index (Phi) is 4.08. The van der Waals surface area contributed by atoms with Crippen molar-refractivity contribution in [3.63, 3.8) is 0 Å². The van der Waals surface area contributed by atoms with Crippen LogP contribution in [0.15, 0.2) is 27.1 Å². The standard InChI is InChI=1S/C14H14Br2N2S/c1-17-11-3-2-4-12-13(11)18-14(19-12)8-5-6-9(15)10(16)7-8/h5-7,11,17H,2-4H2,1H3. The molecule has 19 heavy (non-hydrogen) atoms. The van der Waals surface area contributed by atoms with E-state index in [1.165, 1.54) is 35.4 Å². The van der Waals surface area contributed by atoms with Crippen molar-refractivity contribution in [2.75, 3.05) is 7.05 Å². The molecule has 1 aliphatic rings. The fraction of sp³-hybridized carbons (Fsp3) is 0.357. The molecule has 1 aromatic heterocycles. The Balaban J connectivity index is 2.02. The van der Waals surface area contributed by atoms with Gasteiger partial charge in [-0.3, -0.25) is 0 Å². The van der Waals surface area contributed by atoms with Gasteiger partial charge in [-0.05, 0) is 70.3 Å². The zero-order chi connectivity index (χ0) is 13.4. The van der Waals surface area contributed by atoms with Crippen LogP contribution in [0.4, 0.5) is 0 Å². The summed E-state index contributed by atoms with van der Waals surface area (Å²) < 4.78 is 2.15. The molecule has 3 rings (SSSR count). The first kappa shape index (κ1) is 13.7. The Morgan fingerprint density at radius 3 is 2.89 bits per heavy atom. The summed E-state index contributed by atoms with van der Waals surface area (Å²) in [5.74, 6) is 0. The summed E-state index contributed by atoms with van der Waals surface area (Å²) in [7, 11) is 2.02. The molecule has 1 aromatic carbocycles. The largest absolute Gasteiger partial charge is 0.312 e. The van der Waals surface area contributed by atoms with E-state index in [4.69, 9.17) is 4.98 Å². The van der Waals surface area contributed by atoms with Gasteiger partial charge in [0.25, 0.3) is 0 Å². The number of thiazole rings is 1. The van der Waals surface area contributed by atoms with Crippen molar-refractivity contribution in [1.29, 1.82) is 0 Å². The smallest absolute Gasteiger partial charge is 0.123 e. The molecule has 100 valence electrons. The van der Waals surface area contributed by atoms with Crippen molar-refractivity contribution in [3.05, 3.63) is 37.7 Å². The number of aromatic nitrogens is 1. The van der Waals surface area contributed by atoms with Gasteiger partial charge >= 0.3 is 0 Å².